The van der Waals surface area contributed by atoms with Crippen molar-refractivity contribution in [1.29, 1.82) is 0 Å². The zero-order valence-corrected chi connectivity index (χ0v) is 14.4. The predicted molar refractivity (Wildman–Crippen MR) is 90.0 cm³/mol. The Labute approximate surface area is 143 Å². The molecule has 0 saturated heterocycles. The quantitative estimate of drug-likeness (QED) is 0.772. The van der Waals surface area contributed by atoms with E-state index in [-0.39, 0.29) is 18.3 Å². The summed E-state index contributed by atoms with van der Waals surface area (Å²) in [5.74, 6) is 0.355. The summed E-state index contributed by atoms with van der Waals surface area (Å²) in [4.78, 5) is 27.7. The molecule has 0 saturated carbocycles. The lowest BCUT2D eigenvalue weighted by Crippen LogP contribution is -2.12. The number of aromatic nitrogens is 1. The molecule has 1 N–H and O–H groups in total. The Kier molecular flexibility index (Phi) is 6.14. The molecule has 0 unspecified atom stereocenters. The summed E-state index contributed by atoms with van der Waals surface area (Å²) in [7, 11) is 2.85. The first-order valence-corrected chi connectivity index (χ1v) is 8.08. The minimum absolute atomic E-state index is 0.0693. The van der Waals surface area contributed by atoms with E-state index in [0.717, 1.165) is 0 Å². The summed E-state index contributed by atoms with van der Waals surface area (Å²) < 4.78 is 15.2. The Morgan fingerprint density at radius 1 is 1.25 bits per heavy atom. The highest BCUT2D eigenvalue weighted by molar-refractivity contribution is 7.14. The smallest absolute Gasteiger partial charge is 0.311 e. The maximum absolute atomic E-state index is 12.3. The monoisotopic (exact) mass is 350 g/mol. The van der Waals surface area contributed by atoms with E-state index in [4.69, 9.17) is 9.47 Å². The molecule has 0 radical (unpaired) electrons. The number of hydrogen-bond acceptors (Lipinski definition) is 7. The molecular weight excluding hydrogens is 332 g/mol. The van der Waals surface area contributed by atoms with Crippen molar-refractivity contribution in [2.45, 2.75) is 13.3 Å². The highest BCUT2D eigenvalue weighted by Gasteiger charge is 2.14. The number of ether oxygens (including phenoxy) is 3. The molecule has 2 rings (SSSR count). The van der Waals surface area contributed by atoms with E-state index in [9.17, 15) is 9.59 Å². The molecule has 1 aromatic heterocycles. The molecule has 1 heterocycles. The van der Waals surface area contributed by atoms with Gasteiger partial charge in [0.15, 0.2) is 16.6 Å². The van der Waals surface area contributed by atoms with Crippen LogP contribution in [0.25, 0.3) is 0 Å². The first-order valence-electron chi connectivity index (χ1n) is 7.20. The van der Waals surface area contributed by atoms with Gasteiger partial charge in [-0.3, -0.25) is 14.9 Å². The molecule has 24 heavy (non-hydrogen) atoms. The lowest BCUT2D eigenvalue weighted by Gasteiger charge is -2.10. The second-order valence-corrected chi connectivity index (χ2v) is 5.51. The number of nitrogens with one attached hydrogen (secondary N) is 1. The zero-order chi connectivity index (χ0) is 17.5. The van der Waals surface area contributed by atoms with Gasteiger partial charge in [0, 0.05) is 10.9 Å². The number of thiazole rings is 1. The molecule has 7 nitrogen and oxygen atoms in total. The maximum atomic E-state index is 12.3. The van der Waals surface area contributed by atoms with E-state index in [1.54, 1.807) is 23.6 Å². The van der Waals surface area contributed by atoms with Crippen LogP contribution < -0.4 is 14.8 Å². The molecule has 0 bridgehead atoms. The van der Waals surface area contributed by atoms with E-state index in [1.165, 1.54) is 25.6 Å². The molecule has 128 valence electrons. The van der Waals surface area contributed by atoms with E-state index in [0.29, 0.717) is 34.5 Å². The van der Waals surface area contributed by atoms with Crippen molar-refractivity contribution in [3.8, 4) is 11.5 Å². The Morgan fingerprint density at radius 2 is 2.04 bits per heavy atom. The number of rotatable bonds is 7. The van der Waals surface area contributed by atoms with Gasteiger partial charge in [0.25, 0.3) is 5.91 Å². The minimum atomic E-state index is -0.380. The highest BCUT2D eigenvalue weighted by Crippen LogP contribution is 2.28. The van der Waals surface area contributed by atoms with Gasteiger partial charge in [-0.05, 0) is 25.1 Å². The molecule has 0 atom stereocenters. The molecule has 0 fully saturated rings. The van der Waals surface area contributed by atoms with Gasteiger partial charge in [-0.2, -0.15) is 0 Å². The Balaban J connectivity index is 2.09. The van der Waals surface area contributed by atoms with Crippen molar-refractivity contribution < 1.29 is 23.8 Å². The van der Waals surface area contributed by atoms with E-state index in [1.807, 2.05) is 6.92 Å². The van der Waals surface area contributed by atoms with Gasteiger partial charge >= 0.3 is 5.97 Å². The molecular formula is C16H18N2O5S. The number of carbonyl (C=O) groups excluding carboxylic acids is 2. The van der Waals surface area contributed by atoms with Crippen molar-refractivity contribution in [1.82, 2.24) is 4.98 Å². The third kappa shape index (κ3) is 4.45. The standard InChI is InChI=1S/C16H18N2O5S/c1-4-23-13-7-10(5-6-12(13)21-2)15(20)18-16-17-11(9-24-16)8-14(19)22-3/h5-7,9H,4,8H2,1-3H3,(H,17,18,20). The van der Waals surface area contributed by atoms with Crippen molar-refractivity contribution >= 4 is 28.3 Å². The number of nitrogens with zero attached hydrogens (tertiary/aromatic N) is 1. The Bertz CT molecular complexity index is 729. The summed E-state index contributed by atoms with van der Waals surface area (Å²) >= 11 is 1.24. The summed E-state index contributed by atoms with van der Waals surface area (Å²) in [6, 6.07) is 4.92. The summed E-state index contributed by atoms with van der Waals surface area (Å²) in [5, 5.41) is 4.81. The average molecular weight is 350 g/mol. The number of carbonyl (C=O) groups is 2. The minimum Gasteiger partial charge on any atom is -0.493 e. The third-order valence-electron chi connectivity index (χ3n) is 3.05. The zero-order valence-electron chi connectivity index (χ0n) is 13.6. The van der Waals surface area contributed by atoms with Crippen LogP contribution in [-0.2, 0) is 16.0 Å². The van der Waals surface area contributed by atoms with Crippen molar-refractivity contribution in [2.24, 2.45) is 0 Å². The first kappa shape index (κ1) is 17.7. The van der Waals surface area contributed by atoms with Crippen LogP contribution in [0.1, 0.15) is 23.0 Å². The van der Waals surface area contributed by atoms with Gasteiger partial charge in [0.1, 0.15) is 0 Å². The number of methoxy groups -OCH3 is 2. The van der Waals surface area contributed by atoms with Crippen molar-refractivity contribution in [3.05, 3.63) is 34.8 Å². The first-order chi connectivity index (χ1) is 11.6. The Hall–Kier alpha value is -2.61. The maximum Gasteiger partial charge on any atom is 0.311 e. The summed E-state index contributed by atoms with van der Waals surface area (Å²) in [5.41, 5.74) is 0.968. The number of anilines is 1. The second-order valence-electron chi connectivity index (χ2n) is 4.65. The predicted octanol–water partition coefficient (Wildman–Crippen LogP) is 2.52. The van der Waals surface area contributed by atoms with Crippen LogP contribution >= 0.6 is 11.3 Å². The molecule has 2 aromatic rings. The molecule has 0 aliphatic heterocycles. The second kappa shape index (κ2) is 8.30. The third-order valence-corrected chi connectivity index (χ3v) is 3.86. The molecule has 8 heteroatoms. The molecule has 0 aliphatic rings. The van der Waals surface area contributed by atoms with Crippen LogP contribution in [0.15, 0.2) is 23.6 Å². The van der Waals surface area contributed by atoms with Crippen LogP contribution in [0.5, 0.6) is 11.5 Å². The summed E-state index contributed by atoms with van der Waals surface area (Å²) in [6.45, 7) is 2.31. The fourth-order valence-corrected chi connectivity index (χ4v) is 2.63. The van der Waals surface area contributed by atoms with E-state index < -0.39 is 0 Å². The molecule has 0 aliphatic carbocycles. The van der Waals surface area contributed by atoms with Crippen molar-refractivity contribution in [3.63, 3.8) is 0 Å². The van der Waals surface area contributed by atoms with Gasteiger partial charge in [-0.15, -0.1) is 11.3 Å². The topological polar surface area (TPSA) is 86.8 Å². The fourth-order valence-electron chi connectivity index (χ4n) is 1.92. The largest absolute Gasteiger partial charge is 0.493 e. The van der Waals surface area contributed by atoms with E-state index in [2.05, 4.69) is 15.0 Å². The average Bonchev–Trinajstić information content (AvgIpc) is 3.01. The normalized spacial score (nSPS) is 10.1. The SMILES string of the molecule is CCOc1cc(C(=O)Nc2nc(CC(=O)OC)cs2)ccc1OC. The van der Waals surface area contributed by atoms with Crippen LogP contribution in [0.3, 0.4) is 0 Å². The lowest BCUT2D eigenvalue weighted by molar-refractivity contribution is -0.139. The van der Waals surface area contributed by atoms with Crippen LogP contribution in [0, 0.1) is 0 Å². The molecule has 1 amide bonds. The Morgan fingerprint density at radius 3 is 2.71 bits per heavy atom. The number of amides is 1. The van der Waals surface area contributed by atoms with Gasteiger partial charge in [0.2, 0.25) is 0 Å². The van der Waals surface area contributed by atoms with Gasteiger partial charge in [-0.25, -0.2) is 4.98 Å². The van der Waals surface area contributed by atoms with Crippen LogP contribution in [0.2, 0.25) is 0 Å². The van der Waals surface area contributed by atoms with Gasteiger partial charge in [-0.1, -0.05) is 0 Å². The number of benzene rings is 1. The van der Waals surface area contributed by atoms with Gasteiger partial charge < -0.3 is 14.2 Å². The molecule has 1 aromatic carbocycles. The highest BCUT2D eigenvalue weighted by atomic mass is 32.1. The van der Waals surface area contributed by atoms with Gasteiger partial charge in [0.05, 0.1) is 32.9 Å². The number of esters is 1. The fraction of sp³-hybridized carbons (Fsp3) is 0.312. The van der Waals surface area contributed by atoms with Crippen LogP contribution in [0.4, 0.5) is 5.13 Å². The number of hydrogen-bond donors (Lipinski definition) is 1. The summed E-state index contributed by atoms with van der Waals surface area (Å²) in [6.07, 6.45) is 0.0693. The van der Waals surface area contributed by atoms with Crippen LogP contribution in [-0.4, -0.2) is 37.7 Å². The molecule has 0 spiro atoms. The van der Waals surface area contributed by atoms with E-state index >= 15 is 0 Å². The lowest BCUT2D eigenvalue weighted by atomic mass is 10.2. The van der Waals surface area contributed by atoms with Crippen molar-refractivity contribution in [2.75, 3.05) is 26.1 Å².